The van der Waals surface area contributed by atoms with Crippen molar-refractivity contribution in [3.63, 3.8) is 0 Å². The van der Waals surface area contributed by atoms with Crippen molar-refractivity contribution in [3.8, 4) is 0 Å². The first kappa shape index (κ1) is 12.6. The Morgan fingerprint density at radius 2 is 1.62 bits per heavy atom. The van der Waals surface area contributed by atoms with Crippen LogP contribution in [0.25, 0.3) is 0 Å². The molecule has 0 fully saturated rings. The quantitative estimate of drug-likeness (QED) is 0.844. The van der Waals surface area contributed by atoms with E-state index in [-0.39, 0.29) is 5.56 Å². The molecule has 0 bridgehead atoms. The van der Waals surface area contributed by atoms with Crippen LogP contribution in [0.5, 0.6) is 0 Å². The van der Waals surface area contributed by atoms with Crippen molar-refractivity contribution in [2.75, 3.05) is 0 Å². The number of carboxylic acid groups (broad SMARTS) is 1. The third-order valence-electron chi connectivity index (χ3n) is 2.33. The second-order valence-corrected chi connectivity index (χ2v) is 4.84. The first-order valence-electron chi connectivity index (χ1n) is 4.90. The number of aliphatic carboxylic acids is 1. The van der Waals surface area contributed by atoms with Crippen molar-refractivity contribution in [1.82, 2.24) is 0 Å². The van der Waals surface area contributed by atoms with Crippen molar-refractivity contribution in [2.24, 2.45) is 5.41 Å². The van der Waals surface area contributed by atoms with Gasteiger partial charge in [0.25, 0.3) is 0 Å². The Hall–Kier alpha value is -1.45. The SMILES string of the molecule is CC(C)(C)C(C(=O)O)c1cc(F)cc(F)c1. The summed E-state index contributed by atoms with van der Waals surface area (Å²) in [6.07, 6.45) is 0. The molecule has 0 heterocycles. The van der Waals surface area contributed by atoms with E-state index in [1.165, 1.54) is 0 Å². The average molecular weight is 228 g/mol. The minimum atomic E-state index is -1.09. The minimum Gasteiger partial charge on any atom is -0.481 e. The largest absolute Gasteiger partial charge is 0.481 e. The molecule has 0 radical (unpaired) electrons. The van der Waals surface area contributed by atoms with Gasteiger partial charge in [0.2, 0.25) is 0 Å². The van der Waals surface area contributed by atoms with Gasteiger partial charge < -0.3 is 5.11 Å². The molecule has 2 nitrogen and oxygen atoms in total. The number of carbonyl (C=O) groups is 1. The Bertz CT molecular complexity index is 388. The molecule has 1 N–H and O–H groups in total. The highest BCUT2D eigenvalue weighted by molar-refractivity contribution is 5.77. The standard InChI is InChI=1S/C12H14F2O2/c1-12(2,3)10(11(15)16)7-4-8(13)6-9(14)5-7/h4-6,10H,1-3H3,(H,15,16). The van der Waals surface area contributed by atoms with Crippen molar-refractivity contribution < 1.29 is 18.7 Å². The van der Waals surface area contributed by atoms with Crippen molar-refractivity contribution in [1.29, 1.82) is 0 Å². The van der Waals surface area contributed by atoms with Crippen molar-refractivity contribution in [2.45, 2.75) is 26.7 Å². The average Bonchev–Trinajstić information content (AvgIpc) is 1.96. The van der Waals surface area contributed by atoms with Crippen LogP contribution in [0.15, 0.2) is 18.2 Å². The van der Waals surface area contributed by atoms with Gasteiger partial charge in [0.05, 0.1) is 5.92 Å². The molecule has 0 amide bonds. The highest BCUT2D eigenvalue weighted by Crippen LogP contribution is 2.35. The lowest BCUT2D eigenvalue weighted by Crippen LogP contribution is -2.26. The predicted molar refractivity (Wildman–Crippen MR) is 56.2 cm³/mol. The monoisotopic (exact) mass is 228 g/mol. The smallest absolute Gasteiger partial charge is 0.311 e. The third kappa shape index (κ3) is 2.78. The van der Waals surface area contributed by atoms with Crippen LogP contribution in [0.3, 0.4) is 0 Å². The summed E-state index contributed by atoms with van der Waals surface area (Å²) in [5.41, 5.74) is -0.455. The van der Waals surface area contributed by atoms with Crippen LogP contribution in [0.4, 0.5) is 8.78 Å². The van der Waals surface area contributed by atoms with Gasteiger partial charge in [-0.05, 0) is 23.1 Å². The fraction of sp³-hybridized carbons (Fsp3) is 0.417. The van der Waals surface area contributed by atoms with Crippen LogP contribution in [0.2, 0.25) is 0 Å². The molecule has 1 atom stereocenters. The van der Waals surface area contributed by atoms with E-state index in [9.17, 15) is 13.6 Å². The van der Waals surface area contributed by atoms with E-state index in [0.717, 1.165) is 18.2 Å². The fourth-order valence-electron chi connectivity index (χ4n) is 1.75. The first-order chi connectivity index (χ1) is 7.21. The van der Waals surface area contributed by atoms with Crippen LogP contribution >= 0.6 is 0 Å². The van der Waals surface area contributed by atoms with Crippen LogP contribution in [-0.4, -0.2) is 11.1 Å². The number of carboxylic acids is 1. The first-order valence-corrected chi connectivity index (χ1v) is 4.90. The molecule has 1 rings (SSSR count). The van der Waals surface area contributed by atoms with Gasteiger partial charge in [-0.15, -0.1) is 0 Å². The van der Waals surface area contributed by atoms with E-state index in [1.807, 2.05) is 0 Å². The van der Waals surface area contributed by atoms with E-state index in [4.69, 9.17) is 5.11 Å². The summed E-state index contributed by atoms with van der Waals surface area (Å²) in [5, 5.41) is 9.10. The van der Waals surface area contributed by atoms with Gasteiger partial charge in [-0.2, -0.15) is 0 Å². The second-order valence-electron chi connectivity index (χ2n) is 4.84. The molecule has 1 aromatic rings. The summed E-state index contributed by atoms with van der Waals surface area (Å²) in [4.78, 5) is 11.1. The van der Waals surface area contributed by atoms with Gasteiger partial charge in [-0.3, -0.25) is 4.79 Å². The molecule has 1 unspecified atom stereocenters. The normalized spacial score (nSPS) is 13.6. The molecule has 88 valence electrons. The van der Waals surface area contributed by atoms with Crippen molar-refractivity contribution >= 4 is 5.97 Å². The Morgan fingerprint density at radius 3 is 1.94 bits per heavy atom. The van der Waals surface area contributed by atoms with Crippen LogP contribution in [-0.2, 0) is 4.79 Å². The van der Waals surface area contributed by atoms with Gasteiger partial charge in [0, 0.05) is 6.07 Å². The fourth-order valence-corrected chi connectivity index (χ4v) is 1.75. The van der Waals surface area contributed by atoms with E-state index < -0.39 is 28.9 Å². The minimum absolute atomic E-state index is 0.150. The predicted octanol–water partition coefficient (Wildman–Crippen LogP) is 3.18. The van der Waals surface area contributed by atoms with E-state index >= 15 is 0 Å². The van der Waals surface area contributed by atoms with Gasteiger partial charge in [0.1, 0.15) is 11.6 Å². The second kappa shape index (κ2) is 4.20. The molecule has 4 heteroatoms. The Balaban J connectivity index is 3.27. The number of hydrogen-bond donors (Lipinski definition) is 1. The zero-order valence-electron chi connectivity index (χ0n) is 9.42. The molecule has 0 saturated carbocycles. The van der Waals surface area contributed by atoms with Gasteiger partial charge in [-0.25, -0.2) is 8.78 Å². The van der Waals surface area contributed by atoms with Gasteiger partial charge in [0.15, 0.2) is 0 Å². The molecule has 1 aromatic carbocycles. The maximum atomic E-state index is 13.0. The van der Waals surface area contributed by atoms with Gasteiger partial charge in [-0.1, -0.05) is 20.8 Å². The maximum Gasteiger partial charge on any atom is 0.311 e. The Labute approximate surface area is 92.9 Å². The lowest BCUT2D eigenvalue weighted by Gasteiger charge is -2.27. The lowest BCUT2D eigenvalue weighted by molar-refractivity contribution is -0.141. The number of hydrogen-bond acceptors (Lipinski definition) is 1. The molecule has 0 aliphatic rings. The van der Waals surface area contributed by atoms with Crippen LogP contribution in [0, 0.1) is 17.0 Å². The molecular weight excluding hydrogens is 214 g/mol. The highest BCUT2D eigenvalue weighted by Gasteiger charge is 2.33. The maximum absolute atomic E-state index is 13.0. The zero-order chi connectivity index (χ0) is 12.5. The molecule has 0 spiro atoms. The summed E-state index contributed by atoms with van der Waals surface area (Å²) in [7, 11) is 0. The lowest BCUT2D eigenvalue weighted by atomic mass is 9.76. The van der Waals surface area contributed by atoms with Gasteiger partial charge >= 0.3 is 5.97 Å². The topological polar surface area (TPSA) is 37.3 Å². The molecule has 0 aliphatic carbocycles. The summed E-state index contributed by atoms with van der Waals surface area (Å²) in [5.74, 6) is -3.54. The molecule has 16 heavy (non-hydrogen) atoms. The summed E-state index contributed by atoms with van der Waals surface area (Å²) < 4.78 is 26.0. The van der Waals surface area contributed by atoms with Crippen LogP contribution in [0.1, 0.15) is 32.3 Å². The van der Waals surface area contributed by atoms with Crippen LogP contribution < -0.4 is 0 Å². The van der Waals surface area contributed by atoms with E-state index in [0.29, 0.717) is 0 Å². The Morgan fingerprint density at radius 1 is 1.19 bits per heavy atom. The molecule has 0 aliphatic heterocycles. The summed E-state index contributed by atoms with van der Waals surface area (Å²) in [6, 6.07) is 2.85. The zero-order valence-corrected chi connectivity index (χ0v) is 9.42. The highest BCUT2D eigenvalue weighted by atomic mass is 19.1. The van der Waals surface area contributed by atoms with E-state index in [1.54, 1.807) is 20.8 Å². The molecule has 0 aromatic heterocycles. The number of halogens is 2. The number of benzene rings is 1. The summed E-state index contributed by atoms with van der Waals surface area (Å²) in [6.45, 7) is 5.15. The Kier molecular flexibility index (Phi) is 3.31. The van der Waals surface area contributed by atoms with E-state index in [2.05, 4.69) is 0 Å². The molecule has 0 saturated heterocycles. The van der Waals surface area contributed by atoms with Crippen molar-refractivity contribution in [3.05, 3.63) is 35.4 Å². The summed E-state index contributed by atoms with van der Waals surface area (Å²) >= 11 is 0. The molecular formula is C12H14F2O2. The third-order valence-corrected chi connectivity index (χ3v) is 2.33. The number of rotatable bonds is 2.